The minimum atomic E-state index is -0.126. The first-order valence-corrected chi connectivity index (χ1v) is 8.43. The van der Waals surface area contributed by atoms with Crippen LogP contribution in [0, 0.1) is 0 Å². The lowest BCUT2D eigenvalue weighted by Gasteiger charge is -2.25. The Bertz CT molecular complexity index is 966. The quantitative estimate of drug-likeness (QED) is 0.754. The van der Waals surface area contributed by atoms with E-state index in [1.807, 2.05) is 47.1 Å². The number of ether oxygens (including phenoxy) is 2. The molecule has 0 aliphatic carbocycles. The molecule has 1 N–H and O–H groups in total. The molecule has 2 heterocycles. The van der Waals surface area contributed by atoms with Crippen LogP contribution in [0.3, 0.4) is 0 Å². The number of rotatable bonds is 4. The number of nitrogens with one attached hydrogen (secondary N) is 1. The normalized spacial score (nSPS) is 15.7. The highest BCUT2D eigenvalue weighted by Gasteiger charge is 2.24. The summed E-state index contributed by atoms with van der Waals surface area (Å²) in [5, 5.41) is 8.37. The molecule has 1 aromatic heterocycles. The molecule has 0 saturated carbocycles. The predicted molar refractivity (Wildman–Crippen MR) is 101 cm³/mol. The van der Waals surface area contributed by atoms with Gasteiger partial charge in [-0.05, 0) is 41.5 Å². The molecule has 1 atom stereocenters. The van der Waals surface area contributed by atoms with E-state index in [0.717, 1.165) is 16.8 Å². The standard InChI is InChI=1S/C19H17ClN4O2/c1-25-17-8-5-13(9-18(17)26-2)16-10-15(12-3-6-14(20)7-4-12)23-19-21-11-22-24(16)19/h3-11,16H,1-2H3,(H,21,22,23). The van der Waals surface area contributed by atoms with Gasteiger partial charge >= 0.3 is 0 Å². The lowest BCUT2D eigenvalue weighted by atomic mass is 10.0. The minimum absolute atomic E-state index is 0.126. The highest BCUT2D eigenvalue weighted by atomic mass is 35.5. The van der Waals surface area contributed by atoms with E-state index in [-0.39, 0.29) is 6.04 Å². The van der Waals surface area contributed by atoms with Crippen molar-refractivity contribution in [2.45, 2.75) is 6.04 Å². The molecule has 3 aromatic rings. The van der Waals surface area contributed by atoms with Crippen LogP contribution in [0.5, 0.6) is 11.5 Å². The Morgan fingerprint density at radius 3 is 2.54 bits per heavy atom. The zero-order valence-corrected chi connectivity index (χ0v) is 15.1. The molecule has 0 spiro atoms. The molecule has 0 bridgehead atoms. The molecule has 132 valence electrons. The Morgan fingerprint density at radius 2 is 1.81 bits per heavy atom. The first-order chi connectivity index (χ1) is 12.7. The van der Waals surface area contributed by atoms with Crippen molar-refractivity contribution in [2.24, 2.45) is 0 Å². The second-order valence-corrected chi connectivity index (χ2v) is 6.24. The maximum Gasteiger partial charge on any atom is 0.226 e. The van der Waals surface area contributed by atoms with Crippen LogP contribution in [0.2, 0.25) is 5.02 Å². The van der Waals surface area contributed by atoms with Crippen LogP contribution in [-0.4, -0.2) is 29.0 Å². The van der Waals surface area contributed by atoms with Gasteiger partial charge in [-0.2, -0.15) is 10.1 Å². The van der Waals surface area contributed by atoms with Gasteiger partial charge in [0.2, 0.25) is 5.95 Å². The van der Waals surface area contributed by atoms with Gasteiger partial charge in [0.25, 0.3) is 0 Å². The van der Waals surface area contributed by atoms with E-state index in [9.17, 15) is 0 Å². The molecule has 0 radical (unpaired) electrons. The number of hydrogen-bond acceptors (Lipinski definition) is 5. The van der Waals surface area contributed by atoms with Crippen LogP contribution in [0.1, 0.15) is 17.2 Å². The van der Waals surface area contributed by atoms with Crippen LogP contribution in [0.15, 0.2) is 54.9 Å². The summed E-state index contributed by atoms with van der Waals surface area (Å²) in [6.07, 6.45) is 3.64. The van der Waals surface area contributed by atoms with Gasteiger partial charge in [-0.3, -0.25) is 0 Å². The fourth-order valence-electron chi connectivity index (χ4n) is 3.01. The summed E-state index contributed by atoms with van der Waals surface area (Å²) >= 11 is 6.01. The van der Waals surface area contributed by atoms with Gasteiger partial charge in [-0.15, -0.1) is 0 Å². The second kappa shape index (κ2) is 6.72. The van der Waals surface area contributed by atoms with Gasteiger partial charge in [0.05, 0.1) is 14.2 Å². The molecule has 2 aromatic carbocycles. The number of halogens is 1. The van der Waals surface area contributed by atoms with E-state index in [4.69, 9.17) is 21.1 Å². The third kappa shape index (κ3) is 2.88. The molecule has 7 heteroatoms. The zero-order chi connectivity index (χ0) is 18.1. The fraction of sp³-hybridized carbons (Fsp3) is 0.158. The molecule has 1 aliphatic rings. The third-order valence-corrected chi connectivity index (χ3v) is 4.56. The summed E-state index contributed by atoms with van der Waals surface area (Å²) in [4.78, 5) is 4.32. The molecule has 0 fully saturated rings. The van der Waals surface area contributed by atoms with Crippen molar-refractivity contribution in [3.8, 4) is 11.5 Å². The molecular formula is C19H17ClN4O2. The minimum Gasteiger partial charge on any atom is -0.493 e. The molecule has 26 heavy (non-hydrogen) atoms. The number of aromatic nitrogens is 3. The molecular weight excluding hydrogens is 352 g/mol. The van der Waals surface area contributed by atoms with E-state index in [1.165, 1.54) is 6.33 Å². The summed E-state index contributed by atoms with van der Waals surface area (Å²) in [5.74, 6) is 2.04. The number of methoxy groups -OCH3 is 2. The van der Waals surface area contributed by atoms with Crippen LogP contribution in [0.25, 0.3) is 5.70 Å². The summed E-state index contributed by atoms with van der Waals surface area (Å²) in [5.41, 5.74) is 2.98. The third-order valence-electron chi connectivity index (χ3n) is 4.31. The Morgan fingerprint density at radius 1 is 1.04 bits per heavy atom. The van der Waals surface area contributed by atoms with E-state index in [2.05, 4.69) is 21.5 Å². The second-order valence-electron chi connectivity index (χ2n) is 5.80. The van der Waals surface area contributed by atoms with E-state index in [0.29, 0.717) is 22.5 Å². The lowest BCUT2D eigenvalue weighted by Crippen LogP contribution is -2.20. The lowest BCUT2D eigenvalue weighted by molar-refractivity contribution is 0.354. The number of allylic oxidation sites excluding steroid dienone is 1. The topological polar surface area (TPSA) is 61.2 Å². The van der Waals surface area contributed by atoms with Crippen molar-refractivity contribution in [1.29, 1.82) is 0 Å². The van der Waals surface area contributed by atoms with Gasteiger partial charge < -0.3 is 14.8 Å². The van der Waals surface area contributed by atoms with Gasteiger partial charge in [0, 0.05) is 10.7 Å². The Hall–Kier alpha value is -2.99. The average Bonchev–Trinajstić information content (AvgIpc) is 3.16. The predicted octanol–water partition coefficient (Wildman–Crippen LogP) is 4.00. The van der Waals surface area contributed by atoms with Crippen LogP contribution in [0.4, 0.5) is 5.95 Å². The summed E-state index contributed by atoms with van der Waals surface area (Å²) < 4.78 is 12.6. The molecule has 1 unspecified atom stereocenters. The molecule has 1 aliphatic heterocycles. The smallest absolute Gasteiger partial charge is 0.226 e. The van der Waals surface area contributed by atoms with Gasteiger partial charge in [0.1, 0.15) is 12.4 Å². The number of hydrogen-bond donors (Lipinski definition) is 1. The van der Waals surface area contributed by atoms with Crippen molar-refractivity contribution in [2.75, 3.05) is 19.5 Å². The van der Waals surface area contributed by atoms with E-state index < -0.39 is 0 Å². The summed E-state index contributed by atoms with van der Waals surface area (Å²) in [6.45, 7) is 0. The van der Waals surface area contributed by atoms with Crippen molar-refractivity contribution >= 4 is 23.2 Å². The van der Waals surface area contributed by atoms with Crippen molar-refractivity contribution in [3.05, 3.63) is 71.0 Å². The summed E-state index contributed by atoms with van der Waals surface area (Å²) in [6, 6.07) is 13.4. The molecule has 6 nitrogen and oxygen atoms in total. The number of benzene rings is 2. The highest BCUT2D eigenvalue weighted by Crippen LogP contribution is 2.36. The highest BCUT2D eigenvalue weighted by molar-refractivity contribution is 6.30. The first kappa shape index (κ1) is 16.5. The van der Waals surface area contributed by atoms with Gasteiger partial charge in [0.15, 0.2) is 11.5 Å². The number of anilines is 1. The van der Waals surface area contributed by atoms with Crippen LogP contribution >= 0.6 is 11.6 Å². The Labute approximate surface area is 156 Å². The zero-order valence-electron chi connectivity index (χ0n) is 14.3. The van der Waals surface area contributed by atoms with Crippen molar-refractivity contribution in [1.82, 2.24) is 14.8 Å². The van der Waals surface area contributed by atoms with Crippen molar-refractivity contribution in [3.63, 3.8) is 0 Å². The Balaban J connectivity index is 1.80. The Kier molecular flexibility index (Phi) is 4.26. The average molecular weight is 369 g/mol. The molecule has 4 rings (SSSR count). The monoisotopic (exact) mass is 368 g/mol. The van der Waals surface area contributed by atoms with Crippen molar-refractivity contribution < 1.29 is 9.47 Å². The maximum absolute atomic E-state index is 6.01. The van der Waals surface area contributed by atoms with Gasteiger partial charge in [-0.25, -0.2) is 4.68 Å². The molecule has 0 amide bonds. The van der Waals surface area contributed by atoms with Crippen LogP contribution in [-0.2, 0) is 0 Å². The first-order valence-electron chi connectivity index (χ1n) is 8.06. The summed E-state index contributed by atoms with van der Waals surface area (Å²) in [7, 11) is 3.25. The van der Waals surface area contributed by atoms with E-state index in [1.54, 1.807) is 14.2 Å². The van der Waals surface area contributed by atoms with Gasteiger partial charge in [-0.1, -0.05) is 29.8 Å². The fourth-order valence-corrected chi connectivity index (χ4v) is 3.13. The van der Waals surface area contributed by atoms with Crippen LogP contribution < -0.4 is 14.8 Å². The SMILES string of the molecule is COc1ccc(C2C=C(c3ccc(Cl)cc3)Nc3ncnn32)cc1OC. The number of nitrogens with zero attached hydrogens (tertiary/aromatic N) is 3. The van der Waals surface area contributed by atoms with E-state index >= 15 is 0 Å². The molecule has 0 saturated heterocycles. The largest absolute Gasteiger partial charge is 0.493 e. The maximum atomic E-state index is 6.01. The number of fused-ring (bicyclic) bond motifs is 1.